The average molecular weight is 310 g/mol. The van der Waals surface area contributed by atoms with Gasteiger partial charge in [0.05, 0.1) is 37.2 Å². The van der Waals surface area contributed by atoms with E-state index >= 15 is 0 Å². The minimum atomic E-state index is -0.451. The topological polar surface area (TPSA) is 62.3 Å². The summed E-state index contributed by atoms with van der Waals surface area (Å²) < 4.78 is 12.5. The summed E-state index contributed by atoms with van der Waals surface area (Å²) in [6.45, 7) is 4.06. The number of aromatic nitrogens is 2. The first-order chi connectivity index (χ1) is 9.99. The summed E-state index contributed by atoms with van der Waals surface area (Å²) in [5.74, 6) is 1.41. The van der Waals surface area contributed by atoms with Crippen LogP contribution in [0.3, 0.4) is 0 Å². The summed E-state index contributed by atoms with van der Waals surface area (Å²) in [5.41, 5.74) is 7.99. The van der Waals surface area contributed by atoms with Crippen LogP contribution in [0.25, 0.3) is 0 Å². The Labute approximate surface area is 129 Å². The second kappa shape index (κ2) is 6.37. The summed E-state index contributed by atoms with van der Waals surface area (Å²) in [7, 11) is 3.22. The second-order valence-corrected chi connectivity index (χ2v) is 5.41. The number of halogens is 1. The van der Waals surface area contributed by atoms with Crippen molar-refractivity contribution in [2.24, 2.45) is 5.73 Å². The predicted molar refractivity (Wildman–Crippen MR) is 83.2 cm³/mol. The van der Waals surface area contributed by atoms with Crippen molar-refractivity contribution in [3.63, 3.8) is 0 Å². The molecule has 2 N–H and O–H groups in total. The Morgan fingerprint density at radius 3 is 2.52 bits per heavy atom. The molecule has 0 aliphatic rings. The van der Waals surface area contributed by atoms with E-state index in [0.717, 1.165) is 11.3 Å². The molecule has 1 aromatic carbocycles. The maximum Gasteiger partial charge on any atom is 0.124 e. The van der Waals surface area contributed by atoms with Crippen LogP contribution in [0, 0.1) is 0 Å². The van der Waals surface area contributed by atoms with Gasteiger partial charge in [-0.3, -0.25) is 4.68 Å². The van der Waals surface area contributed by atoms with E-state index in [4.69, 9.17) is 26.8 Å². The summed E-state index contributed by atoms with van der Waals surface area (Å²) in [4.78, 5) is 0. The van der Waals surface area contributed by atoms with E-state index in [0.29, 0.717) is 16.5 Å². The van der Waals surface area contributed by atoms with E-state index in [-0.39, 0.29) is 6.04 Å². The lowest BCUT2D eigenvalue weighted by Crippen LogP contribution is -2.20. The number of nitrogens with zero attached hydrogens (tertiary/aromatic N) is 2. The molecule has 6 heteroatoms. The number of hydrogen-bond donors (Lipinski definition) is 1. The Hall–Kier alpha value is -1.72. The number of benzene rings is 1. The van der Waals surface area contributed by atoms with Crippen molar-refractivity contribution in [1.82, 2.24) is 9.78 Å². The van der Waals surface area contributed by atoms with Crippen LogP contribution < -0.4 is 15.2 Å². The molecule has 0 saturated carbocycles. The highest BCUT2D eigenvalue weighted by Gasteiger charge is 2.23. The van der Waals surface area contributed by atoms with E-state index in [1.54, 1.807) is 20.4 Å². The number of nitrogens with two attached hydrogens (primary N) is 1. The predicted octanol–water partition coefficient (Wildman–Crippen LogP) is 3.18. The maximum atomic E-state index is 6.42. The van der Waals surface area contributed by atoms with E-state index in [1.807, 2.05) is 36.7 Å². The fourth-order valence-electron chi connectivity index (χ4n) is 2.28. The molecular weight excluding hydrogens is 290 g/mol. The molecule has 0 amide bonds. The quantitative estimate of drug-likeness (QED) is 0.921. The molecule has 1 heterocycles. The molecule has 0 bridgehead atoms. The van der Waals surface area contributed by atoms with Crippen molar-refractivity contribution in [3.8, 4) is 11.5 Å². The zero-order valence-electron chi connectivity index (χ0n) is 12.6. The van der Waals surface area contributed by atoms with Crippen molar-refractivity contribution in [2.45, 2.75) is 25.9 Å². The van der Waals surface area contributed by atoms with Gasteiger partial charge < -0.3 is 15.2 Å². The lowest BCUT2D eigenvalue weighted by Gasteiger charge is -2.20. The van der Waals surface area contributed by atoms with E-state index in [1.165, 1.54) is 0 Å². The number of rotatable bonds is 5. The Kier molecular flexibility index (Phi) is 4.75. The first-order valence-corrected chi connectivity index (χ1v) is 7.07. The normalized spacial score (nSPS) is 12.5. The summed E-state index contributed by atoms with van der Waals surface area (Å²) >= 11 is 6.27. The van der Waals surface area contributed by atoms with Crippen molar-refractivity contribution in [1.29, 1.82) is 0 Å². The minimum absolute atomic E-state index is 0.162. The van der Waals surface area contributed by atoms with Crippen LogP contribution in [-0.4, -0.2) is 24.0 Å². The molecule has 0 radical (unpaired) electrons. The van der Waals surface area contributed by atoms with Crippen LogP contribution in [0.2, 0.25) is 5.02 Å². The minimum Gasteiger partial charge on any atom is -0.497 e. The fraction of sp³-hybridized carbons (Fsp3) is 0.400. The summed E-state index contributed by atoms with van der Waals surface area (Å²) in [6.07, 6.45) is 1.61. The van der Waals surface area contributed by atoms with Gasteiger partial charge in [-0.2, -0.15) is 5.10 Å². The highest BCUT2D eigenvalue weighted by molar-refractivity contribution is 6.31. The van der Waals surface area contributed by atoms with Crippen LogP contribution in [0.15, 0.2) is 24.4 Å². The van der Waals surface area contributed by atoms with E-state index < -0.39 is 6.04 Å². The molecule has 0 aliphatic carbocycles. The SMILES string of the molecule is COc1ccc(OC)c(C(N)c2c(Cl)cnn2C(C)C)c1. The number of hydrogen-bond acceptors (Lipinski definition) is 4. The molecule has 114 valence electrons. The lowest BCUT2D eigenvalue weighted by molar-refractivity contribution is 0.395. The van der Waals surface area contributed by atoms with E-state index in [9.17, 15) is 0 Å². The Morgan fingerprint density at radius 2 is 1.95 bits per heavy atom. The standard InChI is InChI=1S/C15H20ClN3O2/c1-9(2)19-15(12(16)8-18-19)14(17)11-7-10(20-3)5-6-13(11)21-4/h5-9,14H,17H2,1-4H3. The zero-order chi connectivity index (χ0) is 15.6. The molecule has 2 rings (SSSR count). The van der Waals surface area contributed by atoms with Gasteiger partial charge in [-0.25, -0.2) is 0 Å². The summed E-state index contributed by atoms with van der Waals surface area (Å²) in [5, 5.41) is 4.84. The fourth-order valence-corrected chi connectivity index (χ4v) is 2.53. The first-order valence-electron chi connectivity index (χ1n) is 6.70. The third-order valence-corrected chi connectivity index (χ3v) is 3.63. The molecule has 0 saturated heterocycles. The molecule has 0 spiro atoms. The molecule has 1 aromatic heterocycles. The third-order valence-electron chi connectivity index (χ3n) is 3.34. The van der Waals surface area contributed by atoms with Gasteiger partial charge in [0.25, 0.3) is 0 Å². The van der Waals surface area contributed by atoms with Crippen LogP contribution in [0.1, 0.15) is 37.2 Å². The van der Waals surface area contributed by atoms with Crippen molar-refractivity contribution < 1.29 is 9.47 Å². The molecule has 1 atom stereocenters. The molecule has 2 aromatic rings. The highest BCUT2D eigenvalue weighted by atomic mass is 35.5. The van der Waals surface area contributed by atoms with Crippen molar-refractivity contribution in [3.05, 3.63) is 40.7 Å². The number of methoxy groups -OCH3 is 2. The van der Waals surface area contributed by atoms with Gasteiger partial charge in [-0.15, -0.1) is 0 Å². The van der Waals surface area contributed by atoms with Crippen molar-refractivity contribution >= 4 is 11.6 Å². The monoisotopic (exact) mass is 309 g/mol. The maximum absolute atomic E-state index is 6.42. The Balaban J connectivity index is 2.54. The molecule has 0 aliphatic heterocycles. The highest BCUT2D eigenvalue weighted by Crippen LogP contribution is 2.35. The molecular formula is C15H20ClN3O2. The lowest BCUT2D eigenvalue weighted by atomic mass is 10.0. The molecule has 21 heavy (non-hydrogen) atoms. The van der Waals surface area contributed by atoms with Gasteiger partial charge >= 0.3 is 0 Å². The van der Waals surface area contributed by atoms with Crippen LogP contribution in [0.5, 0.6) is 11.5 Å². The van der Waals surface area contributed by atoms with Gasteiger partial charge in [0, 0.05) is 11.6 Å². The second-order valence-electron chi connectivity index (χ2n) is 5.00. The smallest absolute Gasteiger partial charge is 0.124 e. The molecule has 0 fully saturated rings. The van der Waals surface area contributed by atoms with Crippen molar-refractivity contribution in [2.75, 3.05) is 14.2 Å². The van der Waals surface area contributed by atoms with E-state index in [2.05, 4.69) is 5.10 Å². The molecule has 1 unspecified atom stereocenters. The zero-order valence-corrected chi connectivity index (χ0v) is 13.4. The average Bonchev–Trinajstić information content (AvgIpc) is 2.87. The first kappa shape index (κ1) is 15.7. The van der Waals surface area contributed by atoms with Gasteiger partial charge in [-0.1, -0.05) is 11.6 Å². The Bertz CT molecular complexity index is 625. The summed E-state index contributed by atoms with van der Waals surface area (Å²) in [6, 6.07) is 5.23. The van der Waals surface area contributed by atoms with Gasteiger partial charge in [-0.05, 0) is 32.0 Å². The largest absolute Gasteiger partial charge is 0.497 e. The van der Waals surface area contributed by atoms with Crippen LogP contribution in [0.4, 0.5) is 0 Å². The molecule has 5 nitrogen and oxygen atoms in total. The third kappa shape index (κ3) is 2.99. The van der Waals surface area contributed by atoms with Gasteiger partial charge in [0.1, 0.15) is 11.5 Å². The number of ether oxygens (including phenoxy) is 2. The van der Waals surface area contributed by atoms with Crippen LogP contribution >= 0.6 is 11.6 Å². The Morgan fingerprint density at radius 1 is 1.24 bits per heavy atom. The van der Waals surface area contributed by atoms with Gasteiger partial charge in [0.15, 0.2) is 0 Å². The van der Waals surface area contributed by atoms with Crippen LogP contribution in [-0.2, 0) is 0 Å². The van der Waals surface area contributed by atoms with Gasteiger partial charge in [0.2, 0.25) is 0 Å².